The minimum Gasteiger partial charge on any atom is -0.398 e. The Hall–Kier alpha value is -3.43. The van der Waals surface area contributed by atoms with Crippen molar-refractivity contribution in [2.75, 3.05) is 0 Å². The number of aromatic nitrogens is 1. The normalized spacial score (nSPS) is 23.7. The maximum atomic E-state index is 6.41. The lowest BCUT2D eigenvalue weighted by Gasteiger charge is -2.31. The molecule has 0 bridgehead atoms. The van der Waals surface area contributed by atoms with E-state index in [9.17, 15) is 0 Å². The van der Waals surface area contributed by atoms with E-state index in [1.165, 1.54) is 49.1 Å². The van der Waals surface area contributed by atoms with E-state index >= 15 is 0 Å². The number of fused-ring (bicyclic) bond motifs is 5. The van der Waals surface area contributed by atoms with Crippen LogP contribution in [-0.4, -0.2) is 9.31 Å². The van der Waals surface area contributed by atoms with E-state index in [0.717, 1.165) is 18.5 Å². The van der Waals surface area contributed by atoms with Gasteiger partial charge in [0.2, 0.25) is 0 Å². The summed E-state index contributed by atoms with van der Waals surface area (Å²) in [4.78, 5) is 1.32. The van der Waals surface area contributed by atoms with E-state index in [0.29, 0.717) is 5.92 Å². The molecule has 0 saturated carbocycles. The van der Waals surface area contributed by atoms with E-state index in [-0.39, 0.29) is 4.75 Å². The van der Waals surface area contributed by atoms with Crippen molar-refractivity contribution >= 4 is 39.1 Å². The van der Waals surface area contributed by atoms with Crippen molar-refractivity contribution in [3.05, 3.63) is 119 Å². The van der Waals surface area contributed by atoms with Gasteiger partial charge in [-0.05, 0) is 49.1 Å². The van der Waals surface area contributed by atoms with E-state index in [2.05, 4.69) is 109 Å². The maximum absolute atomic E-state index is 6.41. The molecule has 3 aromatic carbocycles. The van der Waals surface area contributed by atoms with Crippen LogP contribution < -0.4 is 5.73 Å². The molecule has 0 amide bonds. The van der Waals surface area contributed by atoms with Gasteiger partial charge in [-0.3, -0.25) is 0 Å². The third-order valence-corrected chi connectivity index (χ3v) is 9.15. The van der Waals surface area contributed by atoms with Gasteiger partial charge < -0.3 is 10.3 Å². The lowest BCUT2D eigenvalue weighted by molar-refractivity contribution is 0.615. The molecule has 3 heteroatoms. The van der Waals surface area contributed by atoms with Crippen molar-refractivity contribution in [3.8, 4) is 5.69 Å². The van der Waals surface area contributed by atoms with Gasteiger partial charge >= 0.3 is 0 Å². The van der Waals surface area contributed by atoms with Crippen LogP contribution in [0.25, 0.3) is 33.1 Å². The second-order valence-electron chi connectivity index (χ2n) is 9.66. The van der Waals surface area contributed by atoms with Crippen molar-refractivity contribution in [3.63, 3.8) is 0 Å². The molecule has 34 heavy (non-hydrogen) atoms. The highest BCUT2D eigenvalue weighted by Crippen LogP contribution is 2.58. The largest absolute Gasteiger partial charge is 0.398 e. The third kappa shape index (κ3) is 2.77. The van der Waals surface area contributed by atoms with E-state index in [1.54, 1.807) is 0 Å². The summed E-state index contributed by atoms with van der Waals surface area (Å²) in [6, 6.07) is 26.3. The molecule has 2 N–H and O–H groups in total. The van der Waals surface area contributed by atoms with Crippen molar-refractivity contribution in [2.24, 2.45) is 11.7 Å². The summed E-state index contributed by atoms with van der Waals surface area (Å²) in [7, 11) is 0. The highest BCUT2D eigenvalue weighted by atomic mass is 32.2. The molecule has 1 aromatic heterocycles. The SMILES string of the molecule is CC12C=CC(c3ccccc3-n3c4ccccc4c4ccccc43)=CC1C1=C(S2)C(N)=CCC1. The van der Waals surface area contributed by atoms with Crippen molar-refractivity contribution in [2.45, 2.75) is 24.5 Å². The molecule has 1 aliphatic heterocycles. The highest BCUT2D eigenvalue weighted by molar-refractivity contribution is 8.05. The molecular weight excluding hydrogens is 432 g/mol. The smallest absolute Gasteiger partial charge is 0.0541 e. The lowest BCUT2D eigenvalue weighted by atomic mass is 9.77. The number of hydrogen-bond acceptors (Lipinski definition) is 2. The number of nitrogens with zero attached hydrogens (tertiary/aromatic N) is 1. The van der Waals surface area contributed by atoms with Crippen LogP contribution in [-0.2, 0) is 0 Å². The van der Waals surface area contributed by atoms with Gasteiger partial charge in [-0.1, -0.05) is 78.9 Å². The topological polar surface area (TPSA) is 30.9 Å². The van der Waals surface area contributed by atoms with Crippen LogP contribution in [0.15, 0.2) is 113 Å². The maximum Gasteiger partial charge on any atom is 0.0541 e. The lowest BCUT2D eigenvalue weighted by Crippen LogP contribution is -2.27. The number of rotatable bonds is 2. The molecule has 2 unspecified atom stereocenters. The number of hydrogen-bond donors (Lipinski definition) is 1. The Bertz CT molecular complexity index is 1560. The molecule has 7 rings (SSSR count). The highest BCUT2D eigenvalue weighted by Gasteiger charge is 2.44. The molecule has 2 nitrogen and oxygen atoms in total. The van der Waals surface area contributed by atoms with Gasteiger partial charge in [-0.15, -0.1) is 11.8 Å². The average Bonchev–Trinajstić information content (AvgIpc) is 3.36. The second-order valence-corrected chi connectivity index (χ2v) is 11.2. The fourth-order valence-electron chi connectivity index (χ4n) is 5.99. The van der Waals surface area contributed by atoms with Gasteiger partial charge in [0.25, 0.3) is 0 Å². The zero-order valence-electron chi connectivity index (χ0n) is 19.2. The molecule has 0 saturated heterocycles. The first kappa shape index (κ1) is 20.0. The van der Waals surface area contributed by atoms with Crippen LogP contribution in [0.2, 0.25) is 0 Å². The molecule has 0 radical (unpaired) electrons. The molecule has 3 aliphatic rings. The summed E-state index contributed by atoms with van der Waals surface area (Å²) in [6.45, 7) is 2.36. The summed E-state index contributed by atoms with van der Waals surface area (Å²) >= 11 is 1.94. The minimum atomic E-state index is 0.0404. The Labute approximate surface area is 204 Å². The Balaban J connectivity index is 1.44. The van der Waals surface area contributed by atoms with Gasteiger partial charge in [0, 0.05) is 37.6 Å². The Morgan fingerprint density at radius 1 is 0.912 bits per heavy atom. The number of para-hydroxylation sites is 3. The second kappa shape index (κ2) is 7.28. The quantitative estimate of drug-likeness (QED) is 0.333. The Kier molecular flexibility index (Phi) is 4.28. The van der Waals surface area contributed by atoms with Gasteiger partial charge in [-0.2, -0.15) is 0 Å². The molecule has 2 atom stereocenters. The molecule has 2 heterocycles. The van der Waals surface area contributed by atoms with Crippen LogP contribution >= 0.6 is 11.8 Å². The van der Waals surface area contributed by atoms with Crippen LogP contribution in [0.4, 0.5) is 0 Å². The van der Waals surface area contributed by atoms with Gasteiger partial charge in [0.05, 0.1) is 16.7 Å². The average molecular weight is 459 g/mol. The standard InChI is InChI=1S/C31H26N2S/c1-31-18-17-20(19-25(31)24-12-8-13-26(32)30(24)34-31)21-9-2-5-14-27(21)33-28-15-6-3-10-22(28)23-11-4-7-16-29(23)33/h2-7,9-11,13-19,25H,8,12,32H2,1H3. The van der Waals surface area contributed by atoms with Crippen LogP contribution in [0.5, 0.6) is 0 Å². The van der Waals surface area contributed by atoms with Crippen molar-refractivity contribution in [1.82, 2.24) is 4.57 Å². The fraction of sp³-hybridized carbons (Fsp3) is 0.161. The Morgan fingerprint density at radius 3 is 2.35 bits per heavy atom. The van der Waals surface area contributed by atoms with Crippen LogP contribution in [0.1, 0.15) is 25.3 Å². The summed E-state index contributed by atoms with van der Waals surface area (Å²) < 4.78 is 2.47. The minimum absolute atomic E-state index is 0.0404. The fourth-order valence-corrected chi connectivity index (χ4v) is 7.47. The molecule has 2 aliphatic carbocycles. The molecule has 4 aromatic rings. The zero-order valence-corrected chi connectivity index (χ0v) is 20.0. The third-order valence-electron chi connectivity index (χ3n) is 7.62. The van der Waals surface area contributed by atoms with Gasteiger partial charge in [0.1, 0.15) is 0 Å². The molecule has 0 fully saturated rings. The summed E-state index contributed by atoms with van der Waals surface area (Å²) in [6.07, 6.45) is 11.6. The van der Waals surface area contributed by atoms with E-state index in [1.807, 2.05) is 11.8 Å². The van der Waals surface area contributed by atoms with Gasteiger partial charge in [0.15, 0.2) is 0 Å². The predicted octanol–water partition coefficient (Wildman–Crippen LogP) is 7.75. The van der Waals surface area contributed by atoms with Crippen molar-refractivity contribution < 1.29 is 0 Å². The summed E-state index contributed by atoms with van der Waals surface area (Å²) in [5.41, 5.74) is 15.2. The molecule has 166 valence electrons. The first-order valence-electron chi connectivity index (χ1n) is 12.0. The zero-order chi connectivity index (χ0) is 22.9. The molecular formula is C31H26N2S. The first-order chi connectivity index (χ1) is 16.6. The summed E-state index contributed by atoms with van der Waals surface area (Å²) in [5.74, 6) is 0.381. The van der Waals surface area contributed by atoms with E-state index < -0.39 is 0 Å². The van der Waals surface area contributed by atoms with Crippen LogP contribution in [0, 0.1) is 5.92 Å². The first-order valence-corrected chi connectivity index (χ1v) is 12.8. The van der Waals surface area contributed by atoms with E-state index in [4.69, 9.17) is 5.73 Å². The van der Waals surface area contributed by atoms with Gasteiger partial charge in [-0.25, -0.2) is 0 Å². The monoisotopic (exact) mass is 458 g/mol. The Morgan fingerprint density at radius 2 is 1.59 bits per heavy atom. The predicted molar refractivity (Wildman–Crippen MR) is 146 cm³/mol. The van der Waals surface area contributed by atoms with Crippen LogP contribution in [0.3, 0.4) is 0 Å². The number of benzene rings is 3. The van der Waals surface area contributed by atoms with Crippen molar-refractivity contribution in [1.29, 1.82) is 0 Å². The summed E-state index contributed by atoms with van der Waals surface area (Å²) in [5, 5.41) is 2.58. The number of thioether (sulfide) groups is 1. The number of allylic oxidation sites excluding steroid dienone is 5. The number of nitrogens with two attached hydrogens (primary N) is 1. The molecule has 0 spiro atoms.